The van der Waals surface area contributed by atoms with Crippen molar-refractivity contribution in [2.24, 2.45) is 0 Å². The monoisotopic (exact) mass is 335 g/mol. The van der Waals surface area contributed by atoms with Crippen molar-refractivity contribution in [3.63, 3.8) is 0 Å². The molecule has 136 valence electrons. The van der Waals surface area contributed by atoms with Crippen LogP contribution in [-0.2, 0) is 18.9 Å². The van der Waals surface area contributed by atoms with Crippen LogP contribution in [0, 0.1) is 0 Å². The third kappa shape index (κ3) is 5.33. The van der Waals surface area contributed by atoms with Crippen molar-refractivity contribution < 1.29 is 34.3 Å². The minimum atomic E-state index is -1.32. The second-order valence-electron chi connectivity index (χ2n) is 6.19. The maximum atomic E-state index is 10.1. The SMILES string of the molecule is COC(C)CO[C@H]1O[C@H](CNCC2CCCO2)[C@H](O)[C@H](O)[C@H]1O. The van der Waals surface area contributed by atoms with Crippen molar-refractivity contribution in [2.45, 2.75) is 62.7 Å². The maximum absolute atomic E-state index is 10.1. The first-order valence-electron chi connectivity index (χ1n) is 8.19. The topological polar surface area (TPSA) is 110 Å². The molecule has 2 heterocycles. The molecule has 0 spiro atoms. The van der Waals surface area contributed by atoms with Gasteiger partial charge < -0.3 is 39.6 Å². The molecule has 0 amide bonds. The first kappa shape index (κ1) is 19.0. The van der Waals surface area contributed by atoms with Gasteiger partial charge in [-0.3, -0.25) is 0 Å². The lowest BCUT2D eigenvalue weighted by molar-refractivity contribution is -0.299. The summed E-state index contributed by atoms with van der Waals surface area (Å²) in [7, 11) is 1.56. The molecular formula is C15H29NO7. The fourth-order valence-corrected chi connectivity index (χ4v) is 2.71. The number of hydrogen-bond acceptors (Lipinski definition) is 8. The van der Waals surface area contributed by atoms with Gasteiger partial charge in [-0.15, -0.1) is 0 Å². The Labute approximate surface area is 136 Å². The molecule has 0 bridgehead atoms. The van der Waals surface area contributed by atoms with Gasteiger partial charge in [-0.2, -0.15) is 0 Å². The van der Waals surface area contributed by atoms with Gasteiger partial charge in [0, 0.05) is 26.8 Å². The van der Waals surface area contributed by atoms with E-state index in [1.165, 1.54) is 0 Å². The highest BCUT2D eigenvalue weighted by molar-refractivity contribution is 4.90. The van der Waals surface area contributed by atoms with E-state index in [4.69, 9.17) is 18.9 Å². The number of nitrogens with one attached hydrogen (secondary N) is 1. The molecule has 2 fully saturated rings. The Bertz CT molecular complexity index is 340. The van der Waals surface area contributed by atoms with Gasteiger partial charge in [0.25, 0.3) is 0 Å². The van der Waals surface area contributed by atoms with Crippen LogP contribution in [0.3, 0.4) is 0 Å². The summed E-state index contributed by atoms with van der Waals surface area (Å²) in [5.74, 6) is 0. The Morgan fingerprint density at radius 1 is 1.17 bits per heavy atom. The minimum absolute atomic E-state index is 0.161. The summed E-state index contributed by atoms with van der Waals surface area (Å²) in [4.78, 5) is 0. The van der Waals surface area contributed by atoms with Crippen LogP contribution in [0.1, 0.15) is 19.8 Å². The standard InChI is InChI=1S/C15H29NO7/c1-9(20-2)8-22-15-14(19)13(18)12(17)11(23-15)7-16-6-10-4-3-5-21-10/h9-19H,3-8H2,1-2H3/t9?,10?,11-,12+,13+,14-,15+/m1/s1. The first-order valence-corrected chi connectivity index (χ1v) is 8.19. The summed E-state index contributed by atoms with van der Waals surface area (Å²) in [5.41, 5.74) is 0. The summed E-state index contributed by atoms with van der Waals surface area (Å²) >= 11 is 0. The van der Waals surface area contributed by atoms with Crippen molar-refractivity contribution in [3.05, 3.63) is 0 Å². The Balaban J connectivity index is 1.80. The van der Waals surface area contributed by atoms with E-state index in [-0.39, 0.29) is 18.8 Å². The van der Waals surface area contributed by atoms with E-state index >= 15 is 0 Å². The molecule has 8 nitrogen and oxygen atoms in total. The predicted octanol–water partition coefficient (Wildman–Crippen LogP) is -1.39. The summed E-state index contributed by atoms with van der Waals surface area (Å²) in [6.07, 6.45) is -3.37. The van der Waals surface area contributed by atoms with Crippen LogP contribution in [-0.4, -0.2) is 91.6 Å². The normalized spacial score (nSPS) is 39.5. The highest BCUT2D eigenvalue weighted by Crippen LogP contribution is 2.22. The molecule has 0 radical (unpaired) electrons. The van der Waals surface area contributed by atoms with Gasteiger partial charge in [-0.05, 0) is 19.8 Å². The van der Waals surface area contributed by atoms with Crippen molar-refractivity contribution in [2.75, 3.05) is 33.4 Å². The van der Waals surface area contributed by atoms with E-state index in [1.54, 1.807) is 7.11 Å². The van der Waals surface area contributed by atoms with Crippen LogP contribution in [0.2, 0.25) is 0 Å². The Hall–Kier alpha value is -0.320. The highest BCUT2D eigenvalue weighted by atomic mass is 16.7. The second kappa shape index (κ2) is 9.24. The molecule has 2 aliphatic rings. The molecule has 0 aromatic heterocycles. The van der Waals surface area contributed by atoms with Gasteiger partial charge in [-0.1, -0.05) is 0 Å². The van der Waals surface area contributed by atoms with Crippen molar-refractivity contribution >= 4 is 0 Å². The van der Waals surface area contributed by atoms with Crippen LogP contribution in [0.4, 0.5) is 0 Å². The van der Waals surface area contributed by atoms with E-state index in [0.29, 0.717) is 13.1 Å². The summed E-state index contributed by atoms with van der Waals surface area (Å²) in [6, 6.07) is 0. The highest BCUT2D eigenvalue weighted by Gasteiger charge is 2.44. The second-order valence-corrected chi connectivity index (χ2v) is 6.19. The van der Waals surface area contributed by atoms with E-state index in [1.807, 2.05) is 6.92 Å². The zero-order chi connectivity index (χ0) is 16.8. The Morgan fingerprint density at radius 2 is 1.96 bits per heavy atom. The predicted molar refractivity (Wildman–Crippen MR) is 80.9 cm³/mol. The molecule has 8 heteroatoms. The fourth-order valence-electron chi connectivity index (χ4n) is 2.71. The van der Waals surface area contributed by atoms with Crippen LogP contribution in [0.15, 0.2) is 0 Å². The number of rotatable bonds is 8. The molecule has 0 saturated carbocycles. The lowest BCUT2D eigenvalue weighted by Crippen LogP contribution is -2.60. The summed E-state index contributed by atoms with van der Waals surface area (Å²) in [6.45, 7) is 3.83. The molecule has 0 aromatic rings. The lowest BCUT2D eigenvalue weighted by atomic mass is 9.99. The molecule has 0 aromatic carbocycles. The van der Waals surface area contributed by atoms with Gasteiger partial charge in [0.05, 0.1) is 18.8 Å². The van der Waals surface area contributed by atoms with E-state index in [9.17, 15) is 15.3 Å². The molecule has 2 rings (SSSR count). The number of ether oxygens (including phenoxy) is 4. The quantitative estimate of drug-likeness (QED) is 0.429. The van der Waals surface area contributed by atoms with Crippen LogP contribution in [0.25, 0.3) is 0 Å². The average molecular weight is 335 g/mol. The number of aliphatic hydroxyl groups is 3. The first-order chi connectivity index (χ1) is 11.0. The van der Waals surface area contributed by atoms with E-state index in [2.05, 4.69) is 5.32 Å². The Morgan fingerprint density at radius 3 is 2.61 bits per heavy atom. The molecule has 4 N–H and O–H groups in total. The Kier molecular flexibility index (Phi) is 7.64. The molecule has 0 aliphatic carbocycles. The van der Waals surface area contributed by atoms with Crippen LogP contribution >= 0.6 is 0 Å². The molecule has 2 aliphatic heterocycles. The lowest BCUT2D eigenvalue weighted by Gasteiger charge is -2.40. The van der Waals surface area contributed by atoms with Crippen LogP contribution < -0.4 is 5.32 Å². The van der Waals surface area contributed by atoms with Crippen molar-refractivity contribution in [1.29, 1.82) is 0 Å². The minimum Gasteiger partial charge on any atom is -0.388 e. The maximum Gasteiger partial charge on any atom is 0.186 e. The summed E-state index contributed by atoms with van der Waals surface area (Å²) in [5, 5.41) is 33.2. The van der Waals surface area contributed by atoms with Gasteiger partial charge in [0.15, 0.2) is 6.29 Å². The van der Waals surface area contributed by atoms with Gasteiger partial charge in [0.2, 0.25) is 0 Å². The third-order valence-corrected chi connectivity index (χ3v) is 4.31. The van der Waals surface area contributed by atoms with Crippen molar-refractivity contribution in [3.8, 4) is 0 Å². The molecular weight excluding hydrogens is 306 g/mol. The van der Waals surface area contributed by atoms with E-state index < -0.39 is 30.7 Å². The number of methoxy groups -OCH3 is 1. The zero-order valence-electron chi connectivity index (χ0n) is 13.8. The fraction of sp³-hybridized carbons (Fsp3) is 1.00. The van der Waals surface area contributed by atoms with Gasteiger partial charge in [-0.25, -0.2) is 0 Å². The van der Waals surface area contributed by atoms with E-state index in [0.717, 1.165) is 19.4 Å². The van der Waals surface area contributed by atoms with Gasteiger partial charge >= 0.3 is 0 Å². The number of hydrogen-bond donors (Lipinski definition) is 4. The summed E-state index contributed by atoms with van der Waals surface area (Å²) < 4.78 is 21.6. The largest absolute Gasteiger partial charge is 0.388 e. The van der Waals surface area contributed by atoms with Crippen molar-refractivity contribution in [1.82, 2.24) is 5.32 Å². The zero-order valence-corrected chi connectivity index (χ0v) is 13.8. The average Bonchev–Trinajstić information content (AvgIpc) is 3.06. The van der Waals surface area contributed by atoms with Crippen LogP contribution in [0.5, 0.6) is 0 Å². The smallest absolute Gasteiger partial charge is 0.186 e. The molecule has 2 unspecified atom stereocenters. The molecule has 2 saturated heterocycles. The number of aliphatic hydroxyl groups excluding tert-OH is 3. The van der Waals surface area contributed by atoms with Gasteiger partial charge in [0.1, 0.15) is 24.4 Å². The molecule has 7 atom stereocenters. The molecule has 23 heavy (non-hydrogen) atoms. The third-order valence-electron chi connectivity index (χ3n) is 4.31.